The van der Waals surface area contributed by atoms with E-state index in [1.165, 1.54) is 4.88 Å². The molecule has 20 heavy (non-hydrogen) atoms. The summed E-state index contributed by atoms with van der Waals surface area (Å²) in [7, 11) is 1.73. The van der Waals surface area contributed by atoms with Crippen LogP contribution < -0.4 is 5.32 Å². The Bertz CT molecular complexity index is 592. The first-order valence-electron chi connectivity index (χ1n) is 6.58. The standard InChI is InChI=1S/C13H18N4O2S/c1-4-9(11-7-6-8-20-11)14-13-12(17(18)19)10(5-2)15-16(13)3/h6-9,14H,4-5H2,1-3H3. The summed E-state index contributed by atoms with van der Waals surface area (Å²) in [4.78, 5) is 12.1. The largest absolute Gasteiger partial charge is 0.357 e. The Morgan fingerprint density at radius 2 is 2.30 bits per heavy atom. The van der Waals surface area contributed by atoms with E-state index in [0.29, 0.717) is 17.9 Å². The maximum Gasteiger partial charge on any atom is 0.333 e. The predicted molar refractivity (Wildman–Crippen MR) is 80.2 cm³/mol. The van der Waals surface area contributed by atoms with Gasteiger partial charge in [-0.1, -0.05) is 19.9 Å². The number of nitro groups is 1. The average Bonchev–Trinajstić information content (AvgIpc) is 3.03. The number of thiophene rings is 1. The minimum Gasteiger partial charge on any atom is -0.357 e. The highest BCUT2D eigenvalue weighted by atomic mass is 32.1. The number of nitrogens with zero attached hydrogens (tertiary/aromatic N) is 3. The molecule has 0 bridgehead atoms. The fourth-order valence-corrected chi connectivity index (χ4v) is 3.05. The Morgan fingerprint density at radius 1 is 1.55 bits per heavy atom. The van der Waals surface area contributed by atoms with Crippen LogP contribution in [0, 0.1) is 10.1 Å². The van der Waals surface area contributed by atoms with Gasteiger partial charge in [0.2, 0.25) is 5.82 Å². The van der Waals surface area contributed by atoms with E-state index in [2.05, 4.69) is 17.3 Å². The number of aryl methyl sites for hydroxylation is 2. The van der Waals surface area contributed by atoms with Gasteiger partial charge in [0.05, 0.1) is 11.0 Å². The Morgan fingerprint density at radius 3 is 2.80 bits per heavy atom. The van der Waals surface area contributed by atoms with Gasteiger partial charge in [0.1, 0.15) is 5.69 Å². The maximum absolute atomic E-state index is 11.3. The predicted octanol–water partition coefficient (Wildman–Crippen LogP) is 3.52. The van der Waals surface area contributed by atoms with E-state index in [1.54, 1.807) is 23.1 Å². The van der Waals surface area contributed by atoms with Crippen LogP contribution in [-0.4, -0.2) is 14.7 Å². The van der Waals surface area contributed by atoms with E-state index >= 15 is 0 Å². The Kier molecular flexibility index (Phi) is 4.39. The van der Waals surface area contributed by atoms with Crippen molar-refractivity contribution in [2.24, 2.45) is 7.05 Å². The summed E-state index contributed by atoms with van der Waals surface area (Å²) in [5, 5.41) is 20.8. The molecule has 0 aliphatic carbocycles. The summed E-state index contributed by atoms with van der Waals surface area (Å²) < 4.78 is 1.56. The lowest BCUT2D eigenvalue weighted by Gasteiger charge is -2.16. The number of hydrogen-bond donors (Lipinski definition) is 1. The molecule has 2 heterocycles. The molecular formula is C13H18N4O2S. The van der Waals surface area contributed by atoms with Crippen molar-refractivity contribution in [3.63, 3.8) is 0 Å². The third-order valence-electron chi connectivity index (χ3n) is 3.22. The lowest BCUT2D eigenvalue weighted by Crippen LogP contribution is -2.12. The average molecular weight is 294 g/mol. The van der Waals surface area contributed by atoms with E-state index in [0.717, 1.165) is 6.42 Å². The van der Waals surface area contributed by atoms with Crippen LogP contribution in [0.3, 0.4) is 0 Å². The van der Waals surface area contributed by atoms with Crippen molar-refractivity contribution in [2.75, 3.05) is 5.32 Å². The highest BCUT2D eigenvalue weighted by molar-refractivity contribution is 7.10. The lowest BCUT2D eigenvalue weighted by molar-refractivity contribution is -0.384. The van der Waals surface area contributed by atoms with Gasteiger partial charge in [-0.2, -0.15) is 5.10 Å². The van der Waals surface area contributed by atoms with Crippen LogP contribution in [0.2, 0.25) is 0 Å². The van der Waals surface area contributed by atoms with Crippen LogP contribution in [0.4, 0.5) is 11.5 Å². The molecule has 7 heteroatoms. The van der Waals surface area contributed by atoms with Crippen molar-refractivity contribution in [2.45, 2.75) is 32.7 Å². The van der Waals surface area contributed by atoms with E-state index in [-0.39, 0.29) is 16.7 Å². The highest BCUT2D eigenvalue weighted by Crippen LogP contribution is 2.33. The maximum atomic E-state index is 11.3. The van der Waals surface area contributed by atoms with Gasteiger partial charge in [-0.05, 0) is 24.3 Å². The summed E-state index contributed by atoms with van der Waals surface area (Å²) in [5.41, 5.74) is 0.603. The molecule has 0 fully saturated rings. The zero-order chi connectivity index (χ0) is 14.7. The second-order valence-corrected chi connectivity index (χ2v) is 5.48. The van der Waals surface area contributed by atoms with Crippen molar-refractivity contribution in [3.05, 3.63) is 38.2 Å². The molecule has 1 N–H and O–H groups in total. The zero-order valence-electron chi connectivity index (χ0n) is 11.8. The zero-order valence-corrected chi connectivity index (χ0v) is 12.6. The van der Waals surface area contributed by atoms with E-state index < -0.39 is 0 Å². The van der Waals surface area contributed by atoms with Crippen molar-refractivity contribution >= 4 is 22.8 Å². The van der Waals surface area contributed by atoms with Crippen molar-refractivity contribution in [1.82, 2.24) is 9.78 Å². The van der Waals surface area contributed by atoms with Crippen LogP contribution in [0.15, 0.2) is 17.5 Å². The minimum absolute atomic E-state index is 0.0637. The molecule has 2 aromatic heterocycles. The van der Waals surface area contributed by atoms with Crippen LogP contribution in [0.1, 0.15) is 36.9 Å². The molecular weight excluding hydrogens is 276 g/mol. The number of rotatable bonds is 6. The second-order valence-electron chi connectivity index (χ2n) is 4.50. The molecule has 1 atom stereocenters. The Labute approximate surface area is 121 Å². The van der Waals surface area contributed by atoms with Gasteiger partial charge in [0.25, 0.3) is 0 Å². The van der Waals surface area contributed by atoms with Crippen LogP contribution >= 0.6 is 11.3 Å². The summed E-state index contributed by atoms with van der Waals surface area (Å²) in [6.07, 6.45) is 1.39. The van der Waals surface area contributed by atoms with Gasteiger partial charge in [-0.25, -0.2) is 4.68 Å². The lowest BCUT2D eigenvalue weighted by atomic mass is 10.2. The first-order valence-corrected chi connectivity index (χ1v) is 7.46. The smallest absolute Gasteiger partial charge is 0.333 e. The van der Waals surface area contributed by atoms with E-state index in [4.69, 9.17) is 0 Å². The van der Waals surface area contributed by atoms with E-state index in [9.17, 15) is 10.1 Å². The third-order valence-corrected chi connectivity index (χ3v) is 4.20. The first kappa shape index (κ1) is 14.5. The monoisotopic (exact) mass is 294 g/mol. The number of aromatic nitrogens is 2. The van der Waals surface area contributed by atoms with Crippen LogP contribution in [-0.2, 0) is 13.5 Å². The molecule has 0 aliphatic heterocycles. The van der Waals surface area contributed by atoms with Gasteiger partial charge in [0, 0.05) is 11.9 Å². The number of nitrogens with one attached hydrogen (secondary N) is 1. The van der Waals surface area contributed by atoms with Crippen molar-refractivity contribution in [1.29, 1.82) is 0 Å². The molecule has 2 rings (SSSR count). The number of hydrogen-bond acceptors (Lipinski definition) is 5. The molecule has 108 valence electrons. The molecule has 0 radical (unpaired) electrons. The minimum atomic E-state index is -0.352. The summed E-state index contributed by atoms with van der Waals surface area (Å²) >= 11 is 1.65. The molecule has 6 nitrogen and oxygen atoms in total. The third kappa shape index (κ3) is 2.67. The molecule has 0 amide bonds. The van der Waals surface area contributed by atoms with Gasteiger partial charge < -0.3 is 5.32 Å². The summed E-state index contributed by atoms with van der Waals surface area (Å²) in [6, 6.07) is 4.09. The summed E-state index contributed by atoms with van der Waals surface area (Å²) in [5.74, 6) is 0.479. The fraction of sp³-hybridized carbons (Fsp3) is 0.462. The van der Waals surface area contributed by atoms with Gasteiger partial charge in [-0.15, -0.1) is 11.3 Å². The molecule has 0 spiro atoms. The van der Waals surface area contributed by atoms with Gasteiger partial charge >= 0.3 is 5.69 Å². The molecule has 2 aromatic rings. The Balaban J connectivity index is 2.37. The molecule has 0 saturated carbocycles. The topological polar surface area (TPSA) is 73.0 Å². The second kappa shape index (κ2) is 6.04. The SMILES string of the molecule is CCc1nn(C)c(NC(CC)c2cccs2)c1[N+](=O)[O-]. The quantitative estimate of drug-likeness (QED) is 0.653. The normalized spacial score (nSPS) is 12.3. The molecule has 0 saturated heterocycles. The summed E-state index contributed by atoms with van der Waals surface area (Å²) in [6.45, 7) is 3.93. The Hall–Kier alpha value is -1.89. The van der Waals surface area contributed by atoms with Gasteiger partial charge in [-0.3, -0.25) is 10.1 Å². The van der Waals surface area contributed by atoms with Crippen molar-refractivity contribution < 1.29 is 4.92 Å². The fourth-order valence-electron chi connectivity index (χ4n) is 2.19. The molecule has 0 aromatic carbocycles. The van der Waals surface area contributed by atoms with Crippen LogP contribution in [0.25, 0.3) is 0 Å². The number of anilines is 1. The molecule has 0 aliphatic rings. The van der Waals surface area contributed by atoms with E-state index in [1.807, 2.05) is 24.4 Å². The van der Waals surface area contributed by atoms with Gasteiger partial charge in [0.15, 0.2) is 0 Å². The van der Waals surface area contributed by atoms with Crippen molar-refractivity contribution in [3.8, 4) is 0 Å². The highest BCUT2D eigenvalue weighted by Gasteiger charge is 2.27. The molecule has 1 unspecified atom stereocenters. The first-order chi connectivity index (χ1) is 9.58. The van der Waals surface area contributed by atoms with Crippen LogP contribution in [0.5, 0.6) is 0 Å².